The number of hydrogen-bond acceptors (Lipinski definition) is 5. The van der Waals surface area contributed by atoms with Crippen molar-refractivity contribution in [1.29, 1.82) is 0 Å². The van der Waals surface area contributed by atoms with Gasteiger partial charge in [0.25, 0.3) is 5.91 Å². The fourth-order valence-corrected chi connectivity index (χ4v) is 3.40. The van der Waals surface area contributed by atoms with Crippen LogP contribution < -0.4 is 5.32 Å². The summed E-state index contributed by atoms with van der Waals surface area (Å²) in [4.78, 5) is 36.8. The molecule has 158 valence electrons. The average Bonchev–Trinajstić information content (AvgIpc) is 3.31. The van der Waals surface area contributed by atoms with E-state index < -0.39 is 0 Å². The monoisotopic (exact) mass is 416 g/mol. The van der Waals surface area contributed by atoms with Crippen molar-refractivity contribution in [3.05, 3.63) is 64.9 Å². The van der Waals surface area contributed by atoms with Crippen molar-refractivity contribution < 1.29 is 9.59 Å². The number of Topliss-reactive ketones (excluding diaryl/α,β-unsaturated/α-hetero) is 1. The molecule has 8 nitrogen and oxygen atoms in total. The number of nitrogens with one attached hydrogen (secondary N) is 3. The first-order valence-electron chi connectivity index (χ1n) is 10.1. The number of carbonyl (C=O) groups excluding carboxylic acids is 2. The predicted octanol–water partition coefficient (Wildman–Crippen LogP) is 3.53. The van der Waals surface area contributed by atoms with Gasteiger partial charge < -0.3 is 10.3 Å². The molecule has 0 spiro atoms. The Labute approximate surface area is 179 Å². The molecule has 0 atom stereocenters. The molecule has 4 rings (SSSR count). The lowest BCUT2D eigenvalue weighted by molar-refractivity contribution is 0.0937. The van der Waals surface area contributed by atoms with E-state index in [1.54, 1.807) is 18.5 Å². The van der Waals surface area contributed by atoms with Crippen molar-refractivity contribution in [2.75, 3.05) is 0 Å². The van der Waals surface area contributed by atoms with Gasteiger partial charge in [-0.3, -0.25) is 19.7 Å². The molecule has 4 heterocycles. The predicted molar refractivity (Wildman–Crippen MR) is 118 cm³/mol. The lowest BCUT2D eigenvalue weighted by atomic mass is 10.0. The summed E-state index contributed by atoms with van der Waals surface area (Å²) in [6.45, 7) is 7.59. The fourth-order valence-electron chi connectivity index (χ4n) is 3.40. The van der Waals surface area contributed by atoms with Crippen LogP contribution in [-0.4, -0.2) is 42.9 Å². The maximum atomic E-state index is 12.6. The summed E-state index contributed by atoms with van der Waals surface area (Å²) < 4.78 is 0. The Hall–Kier alpha value is -3.81. The van der Waals surface area contributed by atoms with Gasteiger partial charge in [-0.05, 0) is 57.5 Å². The third-order valence-electron chi connectivity index (χ3n) is 5.13. The normalized spacial score (nSPS) is 11.3. The molecule has 4 aromatic rings. The van der Waals surface area contributed by atoms with Crippen LogP contribution in [0, 0.1) is 13.8 Å². The van der Waals surface area contributed by atoms with Crippen molar-refractivity contribution in [3.8, 4) is 11.3 Å². The molecule has 31 heavy (non-hydrogen) atoms. The molecule has 3 N–H and O–H groups in total. The fraction of sp³-hybridized carbons (Fsp3) is 0.261. The van der Waals surface area contributed by atoms with Gasteiger partial charge in [0, 0.05) is 52.8 Å². The molecule has 0 saturated carbocycles. The van der Waals surface area contributed by atoms with Gasteiger partial charge >= 0.3 is 0 Å². The summed E-state index contributed by atoms with van der Waals surface area (Å²) in [7, 11) is 0. The minimum atomic E-state index is -0.212. The maximum absolute atomic E-state index is 12.6. The van der Waals surface area contributed by atoms with E-state index in [0.717, 1.165) is 33.5 Å². The number of H-pyrrole nitrogens is 2. The summed E-state index contributed by atoms with van der Waals surface area (Å²) in [5, 5.41) is 10.7. The molecule has 0 aliphatic heterocycles. The number of pyridine rings is 2. The number of carbonyl (C=O) groups is 2. The van der Waals surface area contributed by atoms with Crippen LogP contribution in [-0.2, 0) is 6.42 Å². The summed E-state index contributed by atoms with van der Waals surface area (Å²) >= 11 is 0. The average molecular weight is 416 g/mol. The Bertz CT molecular complexity index is 1280. The Morgan fingerprint density at radius 3 is 2.65 bits per heavy atom. The highest BCUT2D eigenvalue weighted by molar-refractivity contribution is 5.98. The van der Waals surface area contributed by atoms with Gasteiger partial charge in [-0.1, -0.05) is 0 Å². The molecular formula is C23H24N6O2. The van der Waals surface area contributed by atoms with Gasteiger partial charge in [-0.2, -0.15) is 5.10 Å². The molecule has 0 unspecified atom stereocenters. The topological polar surface area (TPSA) is 116 Å². The van der Waals surface area contributed by atoms with Crippen molar-refractivity contribution in [3.63, 3.8) is 0 Å². The molecule has 4 aromatic heterocycles. The zero-order chi connectivity index (χ0) is 22.1. The molecule has 0 aliphatic carbocycles. The van der Waals surface area contributed by atoms with Crippen molar-refractivity contribution in [1.82, 2.24) is 30.5 Å². The second-order valence-corrected chi connectivity index (χ2v) is 7.94. The van der Waals surface area contributed by atoms with Crippen LogP contribution in [0.1, 0.15) is 51.6 Å². The molecule has 0 fully saturated rings. The number of ketones is 1. The smallest absolute Gasteiger partial charge is 0.270 e. The van der Waals surface area contributed by atoms with E-state index in [1.807, 2.05) is 45.9 Å². The zero-order valence-corrected chi connectivity index (χ0v) is 17.9. The van der Waals surface area contributed by atoms with Crippen LogP contribution in [0.4, 0.5) is 0 Å². The van der Waals surface area contributed by atoms with E-state index in [9.17, 15) is 9.59 Å². The number of aromatic amines is 2. The number of rotatable bonds is 6. The lowest BCUT2D eigenvalue weighted by Crippen LogP contribution is -2.30. The summed E-state index contributed by atoms with van der Waals surface area (Å²) in [6, 6.07) is 7.52. The highest BCUT2D eigenvalue weighted by Gasteiger charge is 2.16. The Kier molecular flexibility index (Phi) is 5.37. The van der Waals surface area contributed by atoms with Crippen LogP contribution in [0.15, 0.2) is 36.7 Å². The molecular weight excluding hydrogens is 392 g/mol. The first-order chi connectivity index (χ1) is 14.8. The SMILES string of the molecule is Cc1[nH]nc(C(=O)Cc2cnc3[nH]c(-c4ccnc(C(=O)NC(C)C)c4)cc3c2)c1C. The van der Waals surface area contributed by atoms with Crippen LogP contribution in [0.5, 0.6) is 0 Å². The molecule has 0 bridgehead atoms. The Morgan fingerprint density at radius 1 is 1.13 bits per heavy atom. The summed E-state index contributed by atoms with van der Waals surface area (Å²) in [5.74, 6) is -0.260. The van der Waals surface area contributed by atoms with Crippen LogP contribution in [0.25, 0.3) is 22.3 Å². The van der Waals surface area contributed by atoms with Gasteiger partial charge in [-0.15, -0.1) is 0 Å². The van der Waals surface area contributed by atoms with E-state index in [1.165, 1.54) is 0 Å². The third-order valence-corrected chi connectivity index (χ3v) is 5.13. The quantitative estimate of drug-likeness (QED) is 0.416. The first-order valence-corrected chi connectivity index (χ1v) is 10.1. The van der Waals surface area contributed by atoms with Crippen LogP contribution >= 0.6 is 0 Å². The zero-order valence-electron chi connectivity index (χ0n) is 17.9. The van der Waals surface area contributed by atoms with Gasteiger partial charge in [0.1, 0.15) is 17.0 Å². The Balaban J connectivity index is 1.59. The number of hydrogen-bond donors (Lipinski definition) is 3. The number of aryl methyl sites for hydroxylation is 1. The van der Waals surface area contributed by atoms with Gasteiger partial charge in [0.2, 0.25) is 0 Å². The van der Waals surface area contributed by atoms with Crippen molar-refractivity contribution in [2.45, 2.75) is 40.2 Å². The molecule has 1 amide bonds. The van der Waals surface area contributed by atoms with Gasteiger partial charge in [-0.25, -0.2) is 4.98 Å². The number of fused-ring (bicyclic) bond motifs is 1. The second-order valence-electron chi connectivity index (χ2n) is 7.94. The highest BCUT2D eigenvalue weighted by Crippen LogP contribution is 2.24. The highest BCUT2D eigenvalue weighted by atomic mass is 16.2. The van der Waals surface area contributed by atoms with Crippen LogP contribution in [0.3, 0.4) is 0 Å². The lowest BCUT2D eigenvalue weighted by Gasteiger charge is -2.08. The molecule has 0 saturated heterocycles. The van der Waals surface area contributed by atoms with Crippen molar-refractivity contribution in [2.24, 2.45) is 0 Å². The number of nitrogens with zero attached hydrogens (tertiary/aromatic N) is 3. The number of amides is 1. The summed E-state index contributed by atoms with van der Waals surface area (Å²) in [5.41, 5.74) is 5.78. The van der Waals surface area contributed by atoms with Gasteiger partial charge in [0.05, 0.1) is 0 Å². The van der Waals surface area contributed by atoms with Crippen LogP contribution in [0.2, 0.25) is 0 Å². The molecule has 0 aliphatic rings. The van der Waals surface area contributed by atoms with E-state index in [2.05, 4.69) is 30.5 Å². The molecule has 0 aromatic carbocycles. The maximum Gasteiger partial charge on any atom is 0.270 e. The van der Waals surface area contributed by atoms with E-state index >= 15 is 0 Å². The Morgan fingerprint density at radius 2 is 1.94 bits per heavy atom. The third kappa shape index (κ3) is 4.23. The van der Waals surface area contributed by atoms with E-state index in [-0.39, 0.29) is 24.2 Å². The standard InChI is InChI=1S/C23H24N6O2/c1-12(2)26-23(31)19-9-16(5-6-24-19)18-10-17-7-15(11-25-22(17)27-18)8-20(30)21-13(3)14(4)28-29-21/h5-7,9-12H,8H2,1-4H3,(H,25,27)(H,26,31)(H,28,29). The summed E-state index contributed by atoms with van der Waals surface area (Å²) in [6.07, 6.45) is 3.54. The molecule has 8 heteroatoms. The van der Waals surface area contributed by atoms with E-state index in [4.69, 9.17) is 0 Å². The molecule has 0 radical (unpaired) electrons. The van der Waals surface area contributed by atoms with E-state index in [0.29, 0.717) is 17.0 Å². The number of aromatic nitrogens is 5. The largest absolute Gasteiger partial charge is 0.349 e. The minimum Gasteiger partial charge on any atom is -0.349 e. The first kappa shape index (κ1) is 20.5. The minimum absolute atomic E-state index is 0.0329. The van der Waals surface area contributed by atoms with Crippen molar-refractivity contribution >= 4 is 22.7 Å². The second kappa shape index (κ2) is 8.14. The van der Waals surface area contributed by atoms with Gasteiger partial charge in [0.15, 0.2) is 5.78 Å².